The molecule has 0 spiro atoms. The fourth-order valence-corrected chi connectivity index (χ4v) is 9.38. The largest absolute Gasteiger partial charge is 0.363 e. The smallest absolute Gasteiger partial charge is 0.245 e. The first-order valence-electron chi connectivity index (χ1n) is 20.7. The zero-order valence-corrected chi connectivity index (χ0v) is 34.7. The first-order chi connectivity index (χ1) is 28.1. The Bertz CT molecular complexity index is 2280. The number of likely N-dealkylation sites (tertiary alicyclic amines) is 2. The molecule has 2 saturated heterocycles. The number of nitrogens with zero attached hydrogens (tertiary/aromatic N) is 6. The lowest BCUT2D eigenvalue weighted by atomic mass is 9.92. The second-order valence-corrected chi connectivity index (χ2v) is 16.6. The molecule has 10 heteroatoms. The first-order valence-corrected chi connectivity index (χ1v) is 20.7. The van der Waals surface area contributed by atoms with Crippen molar-refractivity contribution in [2.45, 2.75) is 69.7 Å². The minimum atomic E-state index is -0.342. The van der Waals surface area contributed by atoms with Gasteiger partial charge >= 0.3 is 0 Å². The number of amidine groups is 1. The van der Waals surface area contributed by atoms with E-state index in [1.54, 1.807) is 0 Å². The van der Waals surface area contributed by atoms with E-state index in [9.17, 15) is 9.59 Å². The number of benzene rings is 4. The average Bonchev–Trinajstić information content (AvgIpc) is 4.06. The van der Waals surface area contributed by atoms with Gasteiger partial charge in [0.1, 0.15) is 23.7 Å². The van der Waals surface area contributed by atoms with E-state index in [-0.39, 0.29) is 42.0 Å². The van der Waals surface area contributed by atoms with E-state index in [2.05, 4.69) is 60.5 Å². The Morgan fingerprint density at radius 2 is 1.26 bits per heavy atom. The molecule has 3 aliphatic heterocycles. The summed E-state index contributed by atoms with van der Waals surface area (Å²) in [6, 6.07) is 32.7. The number of likely N-dealkylation sites (N-methyl/N-ethyl adjacent to an activating group) is 2. The Hall–Kier alpha value is -5.58. The highest BCUT2D eigenvalue weighted by molar-refractivity contribution is 5.95. The van der Waals surface area contributed by atoms with Gasteiger partial charge in [0.15, 0.2) is 0 Å². The molecule has 0 aliphatic carbocycles. The normalized spacial score (nSPS) is 20.4. The molecule has 300 valence electrons. The van der Waals surface area contributed by atoms with E-state index in [4.69, 9.17) is 9.98 Å². The van der Waals surface area contributed by atoms with Gasteiger partial charge in [-0.25, -0.2) is 4.98 Å². The predicted octanol–water partition coefficient (Wildman–Crippen LogP) is 7.66. The Balaban J connectivity index is 0.937. The second-order valence-electron chi connectivity index (χ2n) is 16.6. The monoisotopic (exact) mass is 776 g/mol. The molecule has 10 nitrogen and oxygen atoms in total. The first kappa shape index (κ1) is 39.3. The number of carbonyl (C=O) groups is 2. The number of rotatable bonds is 11. The van der Waals surface area contributed by atoms with Gasteiger partial charge in [-0.15, -0.1) is 0 Å². The van der Waals surface area contributed by atoms with Crippen molar-refractivity contribution in [1.29, 1.82) is 0 Å². The summed E-state index contributed by atoms with van der Waals surface area (Å²) in [6.45, 7) is 6.46. The highest BCUT2D eigenvalue weighted by Crippen LogP contribution is 2.37. The van der Waals surface area contributed by atoms with Gasteiger partial charge in [0.25, 0.3) is 0 Å². The average molecular weight is 777 g/mol. The lowest BCUT2D eigenvalue weighted by molar-refractivity contribution is -0.137. The minimum absolute atomic E-state index is 0.0363. The topological polar surface area (TPSA) is 100 Å². The van der Waals surface area contributed by atoms with E-state index in [0.29, 0.717) is 6.54 Å². The van der Waals surface area contributed by atoms with Gasteiger partial charge in [-0.1, -0.05) is 91.0 Å². The molecule has 0 radical (unpaired) electrons. The summed E-state index contributed by atoms with van der Waals surface area (Å²) in [5, 5.41) is 3.72. The maximum absolute atomic E-state index is 14.0. The van der Waals surface area contributed by atoms with Gasteiger partial charge in [-0.3, -0.25) is 24.4 Å². The quantitative estimate of drug-likeness (QED) is 0.143. The molecule has 2 amide bonds. The summed E-state index contributed by atoms with van der Waals surface area (Å²) in [5.41, 5.74) is 10.0. The minimum Gasteiger partial charge on any atom is -0.363 e. The van der Waals surface area contributed by atoms with Gasteiger partial charge < -0.3 is 20.1 Å². The van der Waals surface area contributed by atoms with Crippen molar-refractivity contribution in [3.05, 3.63) is 137 Å². The molecule has 2 N–H and O–H groups in total. The third kappa shape index (κ3) is 7.71. The van der Waals surface area contributed by atoms with Gasteiger partial charge in [0.05, 0.1) is 36.6 Å². The summed E-state index contributed by atoms with van der Waals surface area (Å²) in [7, 11) is 7.88. The van der Waals surface area contributed by atoms with Crippen LogP contribution in [0.15, 0.2) is 108 Å². The van der Waals surface area contributed by atoms with Crippen LogP contribution in [0.3, 0.4) is 0 Å². The third-order valence-electron chi connectivity index (χ3n) is 12.3. The van der Waals surface area contributed by atoms with Gasteiger partial charge in [0, 0.05) is 13.1 Å². The van der Waals surface area contributed by atoms with Crippen molar-refractivity contribution in [2.24, 2.45) is 4.99 Å². The third-order valence-corrected chi connectivity index (χ3v) is 12.3. The Labute approximate surface area is 343 Å². The van der Waals surface area contributed by atoms with Crippen molar-refractivity contribution in [2.75, 3.05) is 47.8 Å². The maximum atomic E-state index is 14.0. The number of aromatic nitrogens is 2. The lowest BCUT2D eigenvalue weighted by Crippen LogP contribution is -2.48. The maximum Gasteiger partial charge on any atom is 0.245 e. The summed E-state index contributed by atoms with van der Waals surface area (Å²) < 4.78 is 0. The van der Waals surface area contributed by atoms with Crippen LogP contribution in [0.2, 0.25) is 0 Å². The number of aromatic amines is 1. The van der Waals surface area contributed by atoms with Crippen LogP contribution in [0, 0.1) is 13.8 Å². The standard InChI is InChI=1S/C48H56N8O2/c1-31-27-35(39-29-49-45(51-39)41-19-13-25-55(41)47(57)43(53(3)4)33-15-9-7-10-16-33)21-23-37(31)38-24-22-36(28-32(38)2)40-30-50-46(52-40)42-20-14-26-56(42)48(58)44(54(5)6)34-17-11-8-12-18-34/h7-12,15-18,21-24,27-29,40-44H,13-14,19-20,25-26,30H2,1-6H3,(H,49,51)(H,50,52)/t40?,41-,42-,43+,44+/m0/s1. The molecule has 8 rings (SSSR count). The number of aryl methyl sites for hydroxylation is 2. The molecule has 1 aromatic heterocycles. The van der Waals surface area contributed by atoms with E-state index in [0.717, 1.165) is 72.8 Å². The zero-order valence-electron chi connectivity index (χ0n) is 34.7. The van der Waals surface area contributed by atoms with Gasteiger partial charge in [-0.05, 0) is 118 Å². The molecule has 2 fully saturated rings. The van der Waals surface area contributed by atoms with Gasteiger partial charge in [-0.2, -0.15) is 0 Å². The Morgan fingerprint density at radius 1 is 0.707 bits per heavy atom. The van der Waals surface area contributed by atoms with E-state index in [1.165, 1.54) is 27.8 Å². The van der Waals surface area contributed by atoms with Gasteiger partial charge in [0.2, 0.25) is 11.8 Å². The number of carbonyl (C=O) groups excluding carboxylic acids is 2. The number of hydrogen-bond donors (Lipinski definition) is 2. The summed E-state index contributed by atoms with van der Waals surface area (Å²) in [4.78, 5) is 49.4. The van der Waals surface area contributed by atoms with Crippen molar-refractivity contribution >= 4 is 17.6 Å². The number of imidazole rings is 1. The molecule has 0 bridgehead atoms. The van der Waals surface area contributed by atoms with Crippen LogP contribution < -0.4 is 5.32 Å². The Morgan fingerprint density at radius 3 is 1.83 bits per heavy atom. The zero-order chi connectivity index (χ0) is 40.5. The van der Waals surface area contributed by atoms with E-state index in [1.807, 2.05) is 115 Å². The Kier molecular flexibility index (Phi) is 11.3. The van der Waals surface area contributed by atoms with E-state index < -0.39 is 0 Å². The predicted molar refractivity (Wildman–Crippen MR) is 231 cm³/mol. The van der Waals surface area contributed by atoms with Crippen molar-refractivity contribution < 1.29 is 9.59 Å². The molecule has 3 aliphatic rings. The van der Waals surface area contributed by atoms with Crippen LogP contribution in [0.1, 0.15) is 83.5 Å². The highest BCUT2D eigenvalue weighted by Gasteiger charge is 2.40. The summed E-state index contributed by atoms with van der Waals surface area (Å²) in [5.74, 6) is 2.00. The van der Waals surface area contributed by atoms with Crippen LogP contribution in [-0.2, 0) is 9.59 Å². The lowest BCUT2D eigenvalue weighted by Gasteiger charge is -2.32. The van der Waals surface area contributed by atoms with Crippen LogP contribution >= 0.6 is 0 Å². The molecule has 4 aromatic carbocycles. The molecule has 5 atom stereocenters. The molecule has 58 heavy (non-hydrogen) atoms. The van der Waals surface area contributed by atoms with E-state index >= 15 is 0 Å². The summed E-state index contributed by atoms with van der Waals surface area (Å²) >= 11 is 0. The molecular weight excluding hydrogens is 721 g/mol. The molecule has 5 aromatic rings. The van der Waals surface area contributed by atoms with Crippen molar-refractivity contribution in [3.63, 3.8) is 0 Å². The van der Waals surface area contributed by atoms with Crippen LogP contribution in [0.25, 0.3) is 22.4 Å². The molecular formula is C48H56N8O2. The molecule has 1 unspecified atom stereocenters. The van der Waals surface area contributed by atoms with Crippen LogP contribution in [-0.4, -0.2) is 101 Å². The fraction of sp³-hybridized carbons (Fsp3) is 0.375. The number of H-pyrrole nitrogens is 1. The SMILES string of the molecule is Cc1cc(-c2cnc([C@@H]3CCCN3C(=O)[C@@H](c3ccccc3)N(C)C)[nH]2)ccc1-c1ccc(C2CN=C([C@@H]3CCCN3C(=O)[C@@H](c3ccccc3)N(C)C)N2)cc1C. The fourth-order valence-electron chi connectivity index (χ4n) is 9.38. The van der Waals surface area contributed by atoms with Crippen molar-refractivity contribution in [1.82, 2.24) is 34.9 Å². The molecule has 0 saturated carbocycles. The second kappa shape index (κ2) is 16.7. The van der Waals surface area contributed by atoms with Crippen LogP contribution in [0.4, 0.5) is 0 Å². The number of nitrogens with one attached hydrogen (secondary N) is 2. The molecule has 4 heterocycles. The number of aliphatic imine (C=N–C) groups is 1. The number of amides is 2. The highest BCUT2D eigenvalue weighted by atomic mass is 16.2. The van der Waals surface area contributed by atoms with Crippen LogP contribution in [0.5, 0.6) is 0 Å². The summed E-state index contributed by atoms with van der Waals surface area (Å²) in [6.07, 6.45) is 5.62. The number of hydrogen-bond acceptors (Lipinski definition) is 7. The van der Waals surface area contributed by atoms with Crippen molar-refractivity contribution in [3.8, 4) is 22.4 Å².